The van der Waals surface area contributed by atoms with Crippen LogP contribution < -0.4 is 5.73 Å². The van der Waals surface area contributed by atoms with E-state index in [1.807, 2.05) is 17.0 Å². The lowest BCUT2D eigenvalue weighted by molar-refractivity contribution is 0.0703. The second-order valence-corrected chi connectivity index (χ2v) is 7.15. The monoisotopic (exact) mass is 375 g/mol. The third-order valence-corrected chi connectivity index (χ3v) is 5.37. The zero-order valence-electron chi connectivity index (χ0n) is 14.9. The summed E-state index contributed by atoms with van der Waals surface area (Å²) in [6, 6.07) is 7.19. The minimum Gasteiger partial charge on any atom is -0.399 e. The summed E-state index contributed by atoms with van der Waals surface area (Å²) in [7, 11) is 0. The van der Waals surface area contributed by atoms with Crippen molar-refractivity contribution in [3.05, 3.63) is 41.5 Å². The molecule has 2 aromatic rings. The van der Waals surface area contributed by atoms with Crippen LogP contribution in [0.25, 0.3) is 0 Å². The Morgan fingerprint density at radius 2 is 1.85 bits per heavy atom. The number of aryl methyl sites for hydroxylation is 1. The molecule has 1 aromatic carbocycles. The number of fused-ring (bicyclic) bond motifs is 1. The highest BCUT2D eigenvalue weighted by molar-refractivity contribution is 5.94. The minimum absolute atomic E-state index is 0. The summed E-state index contributed by atoms with van der Waals surface area (Å²) < 4.78 is 2.31. The van der Waals surface area contributed by atoms with E-state index in [1.54, 1.807) is 12.1 Å². The second-order valence-electron chi connectivity index (χ2n) is 7.15. The molecule has 0 spiro atoms. The third-order valence-electron chi connectivity index (χ3n) is 5.37. The van der Waals surface area contributed by atoms with E-state index in [0.717, 1.165) is 50.5 Å². The Labute approximate surface area is 160 Å². The maximum Gasteiger partial charge on any atom is 0.253 e. The molecule has 6 nitrogen and oxygen atoms in total. The molecule has 140 valence electrons. The van der Waals surface area contributed by atoms with Crippen molar-refractivity contribution in [3.8, 4) is 0 Å². The van der Waals surface area contributed by atoms with Crippen LogP contribution in [0.5, 0.6) is 0 Å². The van der Waals surface area contributed by atoms with Gasteiger partial charge in [0, 0.05) is 43.2 Å². The van der Waals surface area contributed by atoms with Gasteiger partial charge in [0.25, 0.3) is 5.91 Å². The molecule has 4 rings (SSSR count). The fourth-order valence-corrected chi connectivity index (χ4v) is 3.99. The summed E-state index contributed by atoms with van der Waals surface area (Å²) in [4.78, 5) is 14.8. The Kier molecular flexibility index (Phi) is 5.81. The summed E-state index contributed by atoms with van der Waals surface area (Å²) in [5.74, 6) is 2.56. The molecule has 1 saturated heterocycles. The van der Waals surface area contributed by atoms with Crippen molar-refractivity contribution < 1.29 is 4.79 Å². The fraction of sp³-hybridized carbons (Fsp3) is 0.526. The van der Waals surface area contributed by atoms with Gasteiger partial charge in [-0.3, -0.25) is 4.79 Å². The number of halogens is 1. The first-order valence-electron chi connectivity index (χ1n) is 9.29. The smallest absolute Gasteiger partial charge is 0.253 e. The van der Waals surface area contributed by atoms with Crippen LogP contribution in [0.15, 0.2) is 24.3 Å². The van der Waals surface area contributed by atoms with Gasteiger partial charge in [-0.25, -0.2) is 0 Å². The highest BCUT2D eigenvalue weighted by atomic mass is 35.5. The lowest BCUT2D eigenvalue weighted by atomic mass is 9.96. The number of nitrogens with zero attached hydrogens (tertiary/aromatic N) is 4. The number of carbonyl (C=O) groups excluding carboxylic acids is 1. The Morgan fingerprint density at radius 1 is 1.04 bits per heavy atom. The Hall–Kier alpha value is -2.08. The van der Waals surface area contributed by atoms with Crippen LogP contribution in [0.4, 0.5) is 5.69 Å². The number of hydrogen-bond acceptors (Lipinski definition) is 4. The first-order chi connectivity index (χ1) is 12.2. The molecular formula is C19H26ClN5O. The molecule has 0 radical (unpaired) electrons. The van der Waals surface area contributed by atoms with Crippen LogP contribution in [-0.4, -0.2) is 38.7 Å². The predicted octanol–water partition coefficient (Wildman–Crippen LogP) is 3.03. The van der Waals surface area contributed by atoms with E-state index in [4.69, 9.17) is 5.73 Å². The van der Waals surface area contributed by atoms with Gasteiger partial charge in [-0.1, -0.05) is 6.42 Å². The summed E-state index contributed by atoms with van der Waals surface area (Å²) in [5.41, 5.74) is 7.11. The molecule has 0 saturated carbocycles. The predicted molar refractivity (Wildman–Crippen MR) is 104 cm³/mol. The molecule has 3 heterocycles. The van der Waals surface area contributed by atoms with Gasteiger partial charge in [0.05, 0.1) is 0 Å². The summed E-state index contributed by atoms with van der Waals surface area (Å²) in [6.45, 7) is 2.54. The number of likely N-dealkylation sites (tertiary alicyclic amines) is 1. The number of nitrogens with two attached hydrogens (primary N) is 1. The van der Waals surface area contributed by atoms with Crippen LogP contribution in [0.3, 0.4) is 0 Å². The fourth-order valence-electron chi connectivity index (χ4n) is 3.99. The van der Waals surface area contributed by atoms with E-state index >= 15 is 0 Å². The van der Waals surface area contributed by atoms with Gasteiger partial charge in [0.2, 0.25) is 0 Å². The maximum absolute atomic E-state index is 12.8. The van der Waals surface area contributed by atoms with Gasteiger partial charge in [-0.05, 0) is 49.9 Å². The van der Waals surface area contributed by atoms with Gasteiger partial charge in [0.1, 0.15) is 11.6 Å². The van der Waals surface area contributed by atoms with Crippen LogP contribution >= 0.6 is 12.4 Å². The number of hydrogen-bond donors (Lipinski definition) is 1. The number of benzene rings is 1. The molecule has 0 aliphatic carbocycles. The Morgan fingerprint density at radius 3 is 2.65 bits per heavy atom. The number of piperidine rings is 1. The molecule has 0 bridgehead atoms. The van der Waals surface area contributed by atoms with Gasteiger partial charge >= 0.3 is 0 Å². The molecule has 2 aliphatic rings. The summed E-state index contributed by atoms with van der Waals surface area (Å²) >= 11 is 0. The molecule has 26 heavy (non-hydrogen) atoms. The lowest BCUT2D eigenvalue weighted by Gasteiger charge is -2.32. The standard InChI is InChI=1S/C19H25N5O.ClH/c20-16-9-7-14(8-10-16)19(25)23-11-4-5-15(13-23)18-22-21-17-6-2-1-3-12-24(17)18;/h7-10,15H,1-6,11-13,20H2;1H. The van der Waals surface area contributed by atoms with Gasteiger partial charge in [-0.2, -0.15) is 0 Å². The molecule has 1 unspecified atom stereocenters. The minimum atomic E-state index is 0. The second kappa shape index (κ2) is 8.08. The van der Waals surface area contributed by atoms with Crippen LogP contribution in [0.1, 0.15) is 60.0 Å². The normalized spacial score (nSPS) is 20.0. The summed E-state index contributed by atoms with van der Waals surface area (Å²) in [5, 5.41) is 8.93. The van der Waals surface area contributed by atoms with Crippen molar-refractivity contribution in [2.45, 2.75) is 51.0 Å². The molecule has 1 aromatic heterocycles. The average molecular weight is 376 g/mol. The number of carbonyl (C=O) groups is 1. The topological polar surface area (TPSA) is 77.0 Å². The van der Waals surface area contributed by atoms with Crippen LogP contribution in [0, 0.1) is 0 Å². The van der Waals surface area contributed by atoms with Crippen LogP contribution in [-0.2, 0) is 13.0 Å². The van der Waals surface area contributed by atoms with Crippen molar-refractivity contribution in [1.29, 1.82) is 0 Å². The van der Waals surface area contributed by atoms with E-state index in [-0.39, 0.29) is 24.2 Å². The molecule has 2 N–H and O–H groups in total. The molecule has 1 amide bonds. The van der Waals surface area contributed by atoms with Crippen molar-refractivity contribution in [2.75, 3.05) is 18.8 Å². The zero-order chi connectivity index (χ0) is 17.2. The Bertz CT molecular complexity index is 758. The van der Waals surface area contributed by atoms with E-state index in [1.165, 1.54) is 19.3 Å². The van der Waals surface area contributed by atoms with Gasteiger partial charge < -0.3 is 15.2 Å². The number of amides is 1. The number of rotatable bonds is 2. The maximum atomic E-state index is 12.8. The molecular weight excluding hydrogens is 350 g/mol. The number of nitrogen functional groups attached to an aromatic ring is 1. The van der Waals surface area contributed by atoms with Crippen molar-refractivity contribution in [2.24, 2.45) is 0 Å². The van der Waals surface area contributed by atoms with Crippen molar-refractivity contribution in [3.63, 3.8) is 0 Å². The third kappa shape index (κ3) is 3.70. The SMILES string of the molecule is Cl.Nc1ccc(C(=O)N2CCCC(c3nnc4n3CCCCC4)C2)cc1. The van der Waals surface area contributed by atoms with Gasteiger partial charge in [-0.15, -0.1) is 22.6 Å². The van der Waals surface area contributed by atoms with E-state index in [2.05, 4.69) is 14.8 Å². The molecule has 1 fully saturated rings. The lowest BCUT2D eigenvalue weighted by Crippen LogP contribution is -2.39. The average Bonchev–Trinajstić information content (AvgIpc) is 2.90. The quantitative estimate of drug-likeness (QED) is 0.818. The molecule has 2 aliphatic heterocycles. The van der Waals surface area contributed by atoms with E-state index in [9.17, 15) is 4.79 Å². The summed E-state index contributed by atoms with van der Waals surface area (Å²) in [6.07, 6.45) is 6.75. The number of aromatic nitrogens is 3. The molecule has 7 heteroatoms. The van der Waals surface area contributed by atoms with E-state index < -0.39 is 0 Å². The van der Waals surface area contributed by atoms with Crippen molar-refractivity contribution >= 4 is 24.0 Å². The number of anilines is 1. The highest BCUT2D eigenvalue weighted by Gasteiger charge is 2.29. The largest absolute Gasteiger partial charge is 0.399 e. The highest BCUT2D eigenvalue weighted by Crippen LogP contribution is 2.28. The zero-order valence-corrected chi connectivity index (χ0v) is 15.7. The van der Waals surface area contributed by atoms with E-state index in [0.29, 0.717) is 11.3 Å². The first-order valence-corrected chi connectivity index (χ1v) is 9.29. The van der Waals surface area contributed by atoms with Crippen molar-refractivity contribution in [1.82, 2.24) is 19.7 Å². The van der Waals surface area contributed by atoms with Gasteiger partial charge in [0.15, 0.2) is 0 Å². The first kappa shape index (κ1) is 18.7. The Balaban J connectivity index is 0.00000196. The van der Waals surface area contributed by atoms with Crippen LogP contribution in [0.2, 0.25) is 0 Å². The molecule has 1 atom stereocenters.